The summed E-state index contributed by atoms with van der Waals surface area (Å²) in [5, 5.41) is 8.91. The van der Waals surface area contributed by atoms with Crippen LogP contribution in [0.3, 0.4) is 0 Å². The van der Waals surface area contributed by atoms with Gasteiger partial charge in [-0.3, -0.25) is 14.5 Å². The van der Waals surface area contributed by atoms with E-state index >= 15 is 0 Å². The van der Waals surface area contributed by atoms with Gasteiger partial charge < -0.3 is 14.9 Å². The normalized spacial score (nSPS) is 15.0. The second-order valence-electron chi connectivity index (χ2n) is 5.92. The minimum atomic E-state index is -0.930. The third-order valence-corrected chi connectivity index (χ3v) is 4.08. The molecule has 6 nitrogen and oxygen atoms in total. The molecule has 1 heterocycles. The fraction of sp³-hybridized carbons (Fsp3) is 0.529. The van der Waals surface area contributed by atoms with Crippen LogP contribution in [0.1, 0.15) is 13.3 Å². The van der Waals surface area contributed by atoms with Crippen LogP contribution in [0.4, 0.5) is 10.1 Å². The Kier molecular flexibility index (Phi) is 6.54. The van der Waals surface area contributed by atoms with Crippen LogP contribution in [0.25, 0.3) is 0 Å². The zero-order valence-corrected chi connectivity index (χ0v) is 13.9. The Morgan fingerprint density at radius 2 is 1.83 bits per heavy atom. The number of carbonyl (C=O) groups is 2. The van der Waals surface area contributed by atoms with Crippen molar-refractivity contribution >= 4 is 17.6 Å². The van der Waals surface area contributed by atoms with Crippen molar-refractivity contribution in [1.82, 2.24) is 9.80 Å². The first-order valence-electron chi connectivity index (χ1n) is 8.22. The SMILES string of the molecule is CCCN(CC(=O)O)CC(=O)N1CCN(c2ccccc2F)CC1. The van der Waals surface area contributed by atoms with Gasteiger partial charge in [-0.1, -0.05) is 19.1 Å². The van der Waals surface area contributed by atoms with Crippen molar-refractivity contribution in [2.45, 2.75) is 13.3 Å². The molecule has 1 aliphatic rings. The number of carbonyl (C=O) groups excluding carboxylic acids is 1. The first-order chi connectivity index (χ1) is 11.5. The Morgan fingerprint density at radius 3 is 2.42 bits per heavy atom. The second kappa shape index (κ2) is 8.63. The van der Waals surface area contributed by atoms with Crippen LogP contribution in [0.15, 0.2) is 24.3 Å². The molecule has 1 amide bonds. The monoisotopic (exact) mass is 337 g/mol. The van der Waals surface area contributed by atoms with Crippen molar-refractivity contribution in [2.24, 2.45) is 0 Å². The standard InChI is InChI=1S/C17H24FN3O3/c1-2-7-19(13-17(23)24)12-16(22)21-10-8-20(9-11-21)15-6-4-3-5-14(15)18/h3-6H,2,7-13H2,1H3,(H,23,24). The number of hydrogen-bond donors (Lipinski definition) is 1. The van der Waals surface area contributed by atoms with E-state index in [9.17, 15) is 14.0 Å². The Morgan fingerprint density at radius 1 is 1.17 bits per heavy atom. The van der Waals surface area contributed by atoms with E-state index in [4.69, 9.17) is 5.11 Å². The van der Waals surface area contributed by atoms with Gasteiger partial charge in [0, 0.05) is 26.2 Å². The predicted octanol–water partition coefficient (Wildman–Crippen LogP) is 1.27. The van der Waals surface area contributed by atoms with Gasteiger partial charge in [0.05, 0.1) is 18.8 Å². The number of halogens is 1. The summed E-state index contributed by atoms with van der Waals surface area (Å²) in [5.41, 5.74) is 0.558. The fourth-order valence-electron chi connectivity index (χ4n) is 2.92. The molecular formula is C17H24FN3O3. The summed E-state index contributed by atoms with van der Waals surface area (Å²) in [6.07, 6.45) is 0.793. The van der Waals surface area contributed by atoms with Gasteiger partial charge in [-0.2, -0.15) is 0 Å². The molecule has 1 saturated heterocycles. The summed E-state index contributed by atoms with van der Waals surface area (Å²) in [7, 11) is 0. The number of aliphatic carboxylic acids is 1. The molecule has 0 atom stereocenters. The number of hydrogen-bond acceptors (Lipinski definition) is 4. The number of piperazine rings is 1. The van der Waals surface area contributed by atoms with Gasteiger partial charge in [-0.15, -0.1) is 0 Å². The molecule has 1 aromatic carbocycles. The van der Waals surface area contributed by atoms with Gasteiger partial charge >= 0.3 is 5.97 Å². The number of amides is 1. The van der Waals surface area contributed by atoms with Crippen molar-refractivity contribution in [2.75, 3.05) is 50.7 Å². The van der Waals surface area contributed by atoms with Gasteiger partial charge in [0.15, 0.2) is 0 Å². The van der Waals surface area contributed by atoms with Gasteiger partial charge in [0.1, 0.15) is 5.82 Å². The minimum absolute atomic E-state index is 0.0714. The number of carboxylic acids is 1. The molecule has 2 rings (SSSR count). The zero-order chi connectivity index (χ0) is 17.5. The average molecular weight is 337 g/mol. The molecule has 1 aromatic rings. The first-order valence-corrected chi connectivity index (χ1v) is 8.22. The summed E-state index contributed by atoms with van der Waals surface area (Å²) in [6.45, 7) is 4.67. The van der Waals surface area contributed by atoms with E-state index in [-0.39, 0.29) is 24.8 Å². The number of rotatable bonds is 7. The Balaban J connectivity index is 1.88. The van der Waals surface area contributed by atoms with Gasteiger partial charge in [-0.25, -0.2) is 4.39 Å². The van der Waals surface area contributed by atoms with Crippen LogP contribution in [-0.4, -0.2) is 72.6 Å². The number of carboxylic acid groups (broad SMARTS) is 1. The maximum atomic E-state index is 13.8. The highest BCUT2D eigenvalue weighted by molar-refractivity contribution is 5.79. The summed E-state index contributed by atoms with van der Waals surface area (Å²) in [4.78, 5) is 28.5. The quantitative estimate of drug-likeness (QED) is 0.812. The molecule has 1 fully saturated rings. The second-order valence-corrected chi connectivity index (χ2v) is 5.92. The maximum Gasteiger partial charge on any atom is 0.317 e. The molecule has 1 N–H and O–H groups in total. The molecule has 0 spiro atoms. The van der Waals surface area contributed by atoms with E-state index in [0.29, 0.717) is 38.4 Å². The average Bonchev–Trinajstić information content (AvgIpc) is 2.55. The van der Waals surface area contributed by atoms with Gasteiger partial charge in [-0.05, 0) is 25.1 Å². The third kappa shape index (κ3) is 4.92. The van der Waals surface area contributed by atoms with Crippen LogP contribution < -0.4 is 4.90 Å². The number of anilines is 1. The lowest BCUT2D eigenvalue weighted by atomic mass is 10.2. The van der Waals surface area contributed by atoms with Gasteiger partial charge in [0.25, 0.3) is 0 Å². The molecule has 0 radical (unpaired) electrons. The molecule has 7 heteroatoms. The van der Waals surface area contributed by atoms with Gasteiger partial charge in [0.2, 0.25) is 5.91 Å². The topological polar surface area (TPSA) is 64.1 Å². The number of benzene rings is 1. The highest BCUT2D eigenvalue weighted by atomic mass is 19.1. The number of para-hydroxylation sites is 1. The van der Waals surface area contributed by atoms with Crippen molar-refractivity contribution in [3.63, 3.8) is 0 Å². The van der Waals surface area contributed by atoms with E-state index in [0.717, 1.165) is 6.42 Å². The van der Waals surface area contributed by atoms with Crippen molar-refractivity contribution < 1.29 is 19.1 Å². The molecular weight excluding hydrogens is 313 g/mol. The molecule has 132 valence electrons. The van der Waals surface area contributed by atoms with Crippen molar-refractivity contribution in [3.8, 4) is 0 Å². The largest absolute Gasteiger partial charge is 0.480 e. The zero-order valence-electron chi connectivity index (χ0n) is 13.9. The summed E-state index contributed by atoms with van der Waals surface area (Å²) in [6, 6.07) is 6.62. The van der Waals surface area contributed by atoms with Crippen molar-refractivity contribution in [1.29, 1.82) is 0 Å². The lowest BCUT2D eigenvalue weighted by Crippen LogP contribution is -2.51. The molecule has 0 bridgehead atoms. The molecule has 24 heavy (non-hydrogen) atoms. The van der Waals surface area contributed by atoms with Crippen molar-refractivity contribution in [3.05, 3.63) is 30.1 Å². The lowest BCUT2D eigenvalue weighted by Gasteiger charge is -2.37. The Bertz CT molecular complexity index is 574. The van der Waals surface area contributed by atoms with E-state index in [1.165, 1.54) is 6.07 Å². The number of nitrogens with zero attached hydrogens (tertiary/aromatic N) is 3. The van der Waals surface area contributed by atoms with E-state index < -0.39 is 5.97 Å². The fourth-order valence-corrected chi connectivity index (χ4v) is 2.92. The summed E-state index contributed by atoms with van der Waals surface area (Å²) in [5.74, 6) is -1.26. The smallest absolute Gasteiger partial charge is 0.317 e. The van der Waals surface area contributed by atoms with Crippen LogP contribution in [0.2, 0.25) is 0 Å². The van der Waals surface area contributed by atoms with Crippen LogP contribution >= 0.6 is 0 Å². The third-order valence-electron chi connectivity index (χ3n) is 4.08. The minimum Gasteiger partial charge on any atom is -0.480 e. The van der Waals surface area contributed by atoms with Crippen LogP contribution in [0, 0.1) is 5.82 Å². The molecule has 0 saturated carbocycles. The molecule has 0 aliphatic carbocycles. The van der Waals surface area contributed by atoms with Crippen LogP contribution in [0.5, 0.6) is 0 Å². The highest BCUT2D eigenvalue weighted by Gasteiger charge is 2.24. The lowest BCUT2D eigenvalue weighted by molar-refractivity contribution is -0.139. The Labute approximate surface area is 141 Å². The van der Waals surface area contributed by atoms with E-state index in [1.807, 2.05) is 11.8 Å². The van der Waals surface area contributed by atoms with E-state index in [2.05, 4.69) is 0 Å². The predicted molar refractivity (Wildman–Crippen MR) is 89.6 cm³/mol. The maximum absolute atomic E-state index is 13.8. The Hall–Kier alpha value is -2.15. The molecule has 1 aliphatic heterocycles. The highest BCUT2D eigenvalue weighted by Crippen LogP contribution is 2.20. The van der Waals surface area contributed by atoms with E-state index in [1.54, 1.807) is 28.0 Å². The summed E-state index contributed by atoms with van der Waals surface area (Å²) < 4.78 is 13.8. The first kappa shape index (κ1) is 18.2. The molecule has 0 aromatic heterocycles. The summed E-state index contributed by atoms with van der Waals surface area (Å²) >= 11 is 0. The molecule has 0 unspecified atom stereocenters. The van der Waals surface area contributed by atoms with Crippen LogP contribution in [-0.2, 0) is 9.59 Å².